The van der Waals surface area contributed by atoms with E-state index >= 15 is 0 Å². The number of hydrogen-bond donors (Lipinski definition) is 3. The highest BCUT2D eigenvalue weighted by molar-refractivity contribution is 8.15. The zero-order chi connectivity index (χ0) is 22.2. The number of aromatic hydroxyl groups is 1. The van der Waals surface area contributed by atoms with Gasteiger partial charge in [0, 0.05) is 12.1 Å². The van der Waals surface area contributed by atoms with Gasteiger partial charge in [-0.15, -0.1) is 5.10 Å². The largest absolute Gasteiger partial charge is 0.508 e. The van der Waals surface area contributed by atoms with Crippen molar-refractivity contribution in [3.63, 3.8) is 0 Å². The fourth-order valence-corrected chi connectivity index (χ4v) is 3.50. The van der Waals surface area contributed by atoms with E-state index in [-0.39, 0.29) is 30.6 Å². The SMILES string of the molecule is CCOC(=O)c1ccc(NC(=O)CC2SC(=NN=Cc3ccc(O)cc3)NC2=O)cc1. The number of carbonyl (C=O) groups is 3. The second kappa shape index (κ2) is 10.4. The van der Waals surface area contributed by atoms with Gasteiger partial charge in [-0.05, 0) is 61.0 Å². The van der Waals surface area contributed by atoms with Gasteiger partial charge in [0.2, 0.25) is 11.8 Å². The molecule has 9 nitrogen and oxygen atoms in total. The van der Waals surface area contributed by atoms with Gasteiger partial charge in [0.25, 0.3) is 0 Å². The highest BCUT2D eigenvalue weighted by Crippen LogP contribution is 2.23. The average molecular weight is 440 g/mol. The van der Waals surface area contributed by atoms with Crippen molar-refractivity contribution in [1.82, 2.24) is 5.32 Å². The zero-order valence-electron chi connectivity index (χ0n) is 16.6. The smallest absolute Gasteiger partial charge is 0.338 e. The maximum atomic E-state index is 12.3. The molecule has 1 unspecified atom stereocenters. The Morgan fingerprint density at radius 2 is 1.90 bits per heavy atom. The molecule has 0 saturated carbocycles. The highest BCUT2D eigenvalue weighted by Gasteiger charge is 2.32. The normalized spacial score (nSPS) is 17.0. The number of amidine groups is 1. The van der Waals surface area contributed by atoms with Crippen LogP contribution in [0.2, 0.25) is 0 Å². The predicted octanol–water partition coefficient (Wildman–Crippen LogP) is 2.52. The molecule has 0 aromatic heterocycles. The van der Waals surface area contributed by atoms with Crippen LogP contribution in [0.3, 0.4) is 0 Å². The van der Waals surface area contributed by atoms with E-state index in [4.69, 9.17) is 4.74 Å². The molecule has 0 bridgehead atoms. The first-order valence-corrected chi connectivity index (χ1v) is 10.3. The Morgan fingerprint density at radius 3 is 2.58 bits per heavy atom. The third-order valence-corrected chi connectivity index (χ3v) is 5.15. The van der Waals surface area contributed by atoms with Gasteiger partial charge in [0.1, 0.15) is 11.0 Å². The summed E-state index contributed by atoms with van der Waals surface area (Å²) in [6, 6.07) is 12.7. The Balaban J connectivity index is 1.51. The first-order valence-electron chi connectivity index (χ1n) is 9.39. The Hall–Kier alpha value is -3.66. The number of thioether (sulfide) groups is 1. The molecule has 3 N–H and O–H groups in total. The number of hydrogen-bond acceptors (Lipinski definition) is 8. The van der Waals surface area contributed by atoms with Crippen LogP contribution in [0.1, 0.15) is 29.3 Å². The van der Waals surface area contributed by atoms with Crippen molar-refractivity contribution in [2.75, 3.05) is 11.9 Å². The number of phenolic OH excluding ortho intramolecular Hbond substituents is 1. The number of benzene rings is 2. The molecule has 3 rings (SSSR count). The monoisotopic (exact) mass is 440 g/mol. The maximum Gasteiger partial charge on any atom is 0.338 e. The summed E-state index contributed by atoms with van der Waals surface area (Å²) in [6.45, 7) is 2.01. The topological polar surface area (TPSA) is 129 Å². The standard InChI is InChI=1S/C21H20N4O5S/c1-2-30-20(29)14-5-7-15(8-6-14)23-18(27)11-17-19(28)24-21(31-17)25-22-12-13-3-9-16(26)10-4-13/h3-10,12,17,26H,2,11H2,1H3,(H,23,27)(H,24,25,28). The molecule has 0 aliphatic carbocycles. The number of nitrogens with zero attached hydrogens (tertiary/aromatic N) is 2. The molecule has 2 amide bonds. The highest BCUT2D eigenvalue weighted by atomic mass is 32.2. The Labute approximate surface area is 182 Å². The fraction of sp³-hybridized carbons (Fsp3) is 0.190. The summed E-state index contributed by atoms with van der Waals surface area (Å²) in [6.07, 6.45) is 1.44. The van der Waals surface area contributed by atoms with Gasteiger partial charge in [-0.2, -0.15) is 5.10 Å². The summed E-state index contributed by atoms with van der Waals surface area (Å²) in [4.78, 5) is 36.0. The van der Waals surface area contributed by atoms with Gasteiger partial charge in [0.15, 0.2) is 5.17 Å². The number of rotatable bonds is 7. The molecule has 1 aliphatic heterocycles. The van der Waals surface area contributed by atoms with Gasteiger partial charge in [-0.3, -0.25) is 9.59 Å². The van der Waals surface area contributed by atoms with E-state index in [9.17, 15) is 19.5 Å². The number of esters is 1. The molecule has 10 heteroatoms. The molecular formula is C21H20N4O5S. The van der Waals surface area contributed by atoms with Crippen LogP contribution < -0.4 is 10.6 Å². The second-order valence-corrected chi connectivity index (χ2v) is 7.58. The van der Waals surface area contributed by atoms with Crippen molar-refractivity contribution in [2.45, 2.75) is 18.6 Å². The predicted molar refractivity (Wildman–Crippen MR) is 118 cm³/mol. The van der Waals surface area contributed by atoms with Crippen molar-refractivity contribution in [2.24, 2.45) is 10.2 Å². The lowest BCUT2D eigenvalue weighted by Gasteiger charge is -2.08. The Kier molecular flexibility index (Phi) is 7.39. The van der Waals surface area contributed by atoms with Gasteiger partial charge < -0.3 is 20.5 Å². The molecule has 0 spiro atoms. The average Bonchev–Trinajstić information content (AvgIpc) is 3.09. The van der Waals surface area contributed by atoms with Gasteiger partial charge in [-0.1, -0.05) is 11.8 Å². The van der Waals surface area contributed by atoms with Gasteiger partial charge in [-0.25, -0.2) is 4.79 Å². The lowest BCUT2D eigenvalue weighted by Crippen LogP contribution is -2.28. The number of ether oxygens (including phenoxy) is 1. The van der Waals surface area contributed by atoms with E-state index in [1.54, 1.807) is 43.3 Å². The van der Waals surface area contributed by atoms with Crippen LogP contribution >= 0.6 is 11.8 Å². The Morgan fingerprint density at radius 1 is 1.19 bits per heavy atom. The molecule has 31 heavy (non-hydrogen) atoms. The van der Waals surface area contributed by atoms with Crippen molar-refractivity contribution >= 4 is 46.6 Å². The van der Waals surface area contributed by atoms with Gasteiger partial charge >= 0.3 is 5.97 Å². The molecule has 2 aromatic carbocycles. The summed E-state index contributed by atoms with van der Waals surface area (Å²) >= 11 is 1.12. The molecule has 1 heterocycles. The van der Waals surface area contributed by atoms with Crippen molar-refractivity contribution in [3.8, 4) is 5.75 Å². The third-order valence-electron chi connectivity index (χ3n) is 4.08. The van der Waals surface area contributed by atoms with Crippen molar-refractivity contribution < 1.29 is 24.2 Å². The quantitative estimate of drug-likeness (QED) is 0.345. The molecule has 1 aliphatic rings. The van der Waals surface area contributed by atoms with E-state index < -0.39 is 11.2 Å². The zero-order valence-corrected chi connectivity index (χ0v) is 17.4. The Bertz CT molecular complexity index is 1020. The van der Waals surface area contributed by atoms with Crippen LogP contribution in [-0.2, 0) is 14.3 Å². The van der Waals surface area contributed by atoms with Crippen molar-refractivity contribution in [1.29, 1.82) is 0 Å². The van der Waals surface area contributed by atoms with Crippen LogP contribution in [0.4, 0.5) is 5.69 Å². The van der Waals surface area contributed by atoms with Gasteiger partial charge in [0.05, 0.1) is 18.4 Å². The molecule has 160 valence electrons. The van der Waals surface area contributed by atoms with Crippen molar-refractivity contribution in [3.05, 3.63) is 59.7 Å². The van der Waals surface area contributed by atoms with Crippen LogP contribution in [0, 0.1) is 0 Å². The summed E-state index contributed by atoms with van der Waals surface area (Å²) in [5.41, 5.74) is 1.63. The number of amides is 2. The summed E-state index contributed by atoms with van der Waals surface area (Å²) < 4.78 is 4.91. The maximum absolute atomic E-state index is 12.3. The lowest BCUT2D eigenvalue weighted by atomic mass is 10.2. The number of nitrogens with one attached hydrogen (secondary N) is 2. The minimum absolute atomic E-state index is 0.0448. The molecule has 0 radical (unpaired) electrons. The van der Waals surface area contributed by atoms with E-state index in [2.05, 4.69) is 20.8 Å². The molecule has 2 aromatic rings. The number of phenols is 1. The van der Waals surface area contributed by atoms with Crippen LogP contribution in [0.15, 0.2) is 58.7 Å². The minimum atomic E-state index is -0.624. The first-order chi connectivity index (χ1) is 14.9. The van der Waals surface area contributed by atoms with E-state index in [1.807, 2.05) is 0 Å². The van der Waals surface area contributed by atoms with E-state index in [0.29, 0.717) is 16.4 Å². The molecule has 1 atom stereocenters. The number of anilines is 1. The van der Waals surface area contributed by atoms with E-state index in [1.165, 1.54) is 18.3 Å². The third kappa shape index (κ3) is 6.41. The summed E-state index contributed by atoms with van der Waals surface area (Å²) in [5, 5.41) is 22.1. The molecular weight excluding hydrogens is 420 g/mol. The summed E-state index contributed by atoms with van der Waals surface area (Å²) in [5.74, 6) is -0.945. The van der Waals surface area contributed by atoms with Crippen LogP contribution in [0.5, 0.6) is 5.75 Å². The minimum Gasteiger partial charge on any atom is -0.508 e. The lowest BCUT2D eigenvalue weighted by molar-refractivity contribution is -0.122. The summed E-state index contributed by atoms with van der Waals surface area (Å²) in [7, 11) is 0. The molecule has 1 fully saturated rings. The fourth-order valence-electron chi connectivity index (χ4n) is 2.58. The second-order valence-electron chi connectivity index (χ2n) is 6.39. The van der Waals surface area contributed by atoms with Crippen LogP contribution in [0.25, 0.3) is 0 Å². The van der Waals surface area contributed by atoms with E-state index in [0.717, 1.165) is 17.3 Å². The number of carbonyl (C=O) groups excluding carboxylic acids is 3. The first kappa shape index (κ1) is 22.0. The molecule has 1 saturated heterocycles. The van der Waals surface area contributed by atoms with Crippen LogP contribution in [-0.4, -0.2) is 46.1 Å².